The highest BCUT2D eigenvalue weighted by atomic mass is 16.3. The normalized spacial score (nSPS) is 20.1. The summed E-state index contributed by atoms with van der Waals surface area (Å²) in [4.78, 5) is 29.2. The van der Waals surface area contributed by atoms with E-state index in [1.807, 2.05) is 0 Å². The largest absolute Gasteiger partial charge is 0.389 e. The highest BCUT2D eigenvalue weighted by Gasteiger charge is 2.41. The highest BCUT2D eigenvalue weighted by molar-refractivity contribution is 6.06. The van der Waals surface area contributed by atoms with Crippen LogP contribution in [0.2, 0.25) is 0 Å². The van der Waals surface area contributed by atoms with Crippen LogP contribution in [-0.4, -0.2) is 34.0 Å². The van der Waals surface area contributed by atoms with Crippen molar-refractivity contribution in [1.82, 2.24) is 10.3 Å². The lowest BCUT2D eigenvalue weighted by Gasteiger charge is -2.40. The summed E-state index contributed by atoms with van der Waals surface area (Å²) in [5.41, 5.74) is -0.151. The molecule has 1 fully saturated rings. The van der Waals surface area contributed by atoms with Crippen molar-refractivity contribution in [3.05, 3.63) is 23.9 Å². The van der Waals surface area contributed by atoms with Crippen LogP contribution in [-0.2, 0) is 9.59 Å². The average Bonchev–Trinajstić information content (AvgIpc) is 2.34. The number of aliphatic hydroxyl groups excluding tert-OH is 1. The van der Waals surface area contributed by atoms with E-state index >= 15 is 0 Å². The smallest absolute Gasteiger partial charge is 0.251 e. The molecule has 1 unspecified atom stereocenters. The van der Waals surface area contributed by atoms with Gasteiger partial charge >= 0.3 is 0 Å². The van der Waals surface area contributed by atoms with E-state index in [1.165, 1.54) is 0 Å². The standard InChI is InChI=1S/C13H17N3O3/c1-8(17)9-4-5-10(14-6-9)16-7-11(18)15-12(19)13(16,2)3/h4-6,8,17H,7H2,1-3H3,(H,15,18,19). The molecule has 1 saturated heterocycles. The molecule has 1 aromatic heterocycles. The number of anilines is 1. The van der Waals surface area contributed by atoms with Crippen LogP contribution >= 0.6 is 0 Å². The molecule has 1 aliphatic rings. The van der Waals surface area contributed by atoms with E-state index in [0.717, 1.165) is 0 Å². The summed E-state index contributed by atoms with van der Waals surface area (Å²) >= 11 is 0. The number of amides is 2. The Morgan fingerprint density at radius 1 is 1.42 bits per heavy atom. The van der Waals surface area contributed by atoms with Gasteiger partial charge in [0.1, 0.15) is 11.4 Å². The van der Waals surface area contributed by atoms with Gasteiger partial charge < -0.3 is 10.0 Å². The summed E-state index contributed by atoms with van der Waals surface area (Å²) in [6.45, 7) is 5.20. The molecule has 2 heterocycles. The van der Waals surface area contributed by atoms with Crippen molar-refractivity contribution in [2.75, 3.05) is 11.4 Å². The van der Waals surface area contributed by atoms with Crippen molar-refractivity contribution in [3.8, 4) is 0 Å². The number of carbonyl (C=O) groups excluding carboxylic acids is 2. The molecule has 19 heavy (non-hydrogen) atoms. The topological polar surface area (TPSA) is 82.5 Å². The number of aromatic nitrogens is 1. The molecule has 1 aromatic rings. The Kier molecular flexibility index (Phi) is 3.28. The molecule has 1 aliphatic heterocycles. The van der Waals surface area contributed by atoms with Crippen LogP contribution in [0.15, 0.2) is 18.3 Å². The summed E-state index contributed by atoms with van der Waals surface area (Å²) in [7, 11) is 0. The molecule has 0 radical (unpaired) electrons. The van der Waals surface area contributed by atoms with E-state index < -0.39 is 11.6 Å². The molecule has 1 atom stereocenters. The van der Waals surface area contributed by atoms with Crippen molar-refractivity contribution < 1.29 is 14.7 Å². The predicted molar refractivity (Wildman–Crippen MR) is 69.4 cm³/mol. The second kappa shape index (κ2) is 4.62. The zero-order valence-electron chi connectivity index (χ0n) is 11.2. The number of hydrogen-bond donors (Lipinski definition) is 2. The number of piperazine rings is 1. The van der Waals surface area contributed by atoms with Gasteiger partial charge in [-0.15, -0.1) is 0 Å². The predicted octanol–water partition coefficient (Wildman–Crippen LogP) is 0.376. The van der Waals surface area contributed by atoms with Crippen molar-refractivity contribution >= 4 is 17.6 Å². The quantitative estimate of drug-likeness (QED) is 0.754. The van der Waals surface area contributed by atoms with Crippen molar-refractivity contribution in [2.45, 2.75) is 32.4 Å². The fourth-order valence-corrected chi connectivity index (χ4v) is 1.95. The molecule has 6 nitrogen and oxygen atoms in total. The van der Waals surface area contributed by atoms with Crippen molar-refractivity contribution in [1.29, 1.82) is 0 Å². The number of pyridine rings is 1. The van der Waals surface area contributed by atoms with E-state index in [2.05, 4.69) is 10.3 Å². The van der Waals surface area contributed by atoms with Gasteiger partial charge in [-0.3, -0.25) is 14.9 Å². The zero-order valence-corrected chi connectivity index (χ0v) is 11.2. The fourth-order valence-electron chi connectivity index (χ4n) is 1.95. The fraction of sp³-hybridized carbons (Fsp3) is 0.462. The summed E-state index contributed by atoms with van der Waals surface area (Å²) in [6, 6.07) is 3.44. The van der Waals surface area contributed by atoms with E-state index in [1.54, 1.807) is 44.0 Å². The van der Waals surface area contributed by atoms with Gasteiger partial charge in [0.05, 0.1) is 12.6 Å². The van der Waals surface area contributed by atoms with Gasteiger partial charge in [0.2, 0.25) is 5.91 Å². The molecule has 0 bridgehead atoms. The number of nitrogens with one attached hydrogen (secondary N) is 1. The van der Waals surface area contributed by atoms with Crippen molar-refractivity contribution in [3.63, 3.8) is 0 Å². The zero-order chi connectivity index (χ0) is 14.2. The molecular weight excluding hydrogens is 246 g/mol. The third-order valence-corrected chi connectivity index (χ3v) is 3.31. The maximum absolute atomic E-state index is 11.8. The van der Waals surface area contributed by atoms with Crippen LogP contribution in [0.25, 0.3) is 0 Å². The molecular formula is C13H17N3O3. The summed E-state index contributed by atoms with van der Waals surface area (Å²) in [6.07, 6.45) is 0.952. The van der Waals surface area contributed by atoms with Gasteiger partial charge in [0.25, 0.3) is 5.91 Å². The van der Waals surface area contributed by atoms with Crippen LogP contribution in [0.3, 0.4) is 0 Å². The molecule has 0 aromatic carbocycles. The van der Waals surface area contributed by atoms with Gasteiger partial charge in [-0.25, -0.2) is 4.98 Å². The van der Waals surface area contributed by atoms with Crippen LogP contribution in [0.4, 0.5) is 5.82 Å². The van der Waals surface area contributed by atoms with Crippen LogP contribution < -0.4 is 10.2 Å². The third-order valence-electron chi connectivity index (χ3n) is 3.31. The van der Waals surface area contributed by atoms with Crippen LogP contribution in [0.1, 0.15) is 32.4 Å². The van der Waals surface area contributed by atoms with Crippen LogP contribution in [0, 0.1) is 0 Å². The van der Waals surface area contributed by atoms with Gasteiger partial charge in [-0.05, 0) is 32.4 Å². The first-order valence-electron chi connectivity index (χ1n) is 6.08. The lowest BCUT2D eigenvalue weighted by atomic mass is 9.98. The first kappa shape index (κ1) is 13.5. The Labute approximate surface area is 111 Å². The minimum absolute atomic E-state index is 0.0831. The van der Waals surface area contributed by atoms with Gasteiger partial charge in [-0.2, -0.15) is 0 Å². The number of hydrogen-bond acceptors (Lipinski definition) is 5. The molecule has 102 valence electrons. The lowest BCUT2D eigenvalue weighted by Crippen LogP contribution is -2.64. The van der Waals surface area contributed by atoms with Gasteiger partial charge in [0.15, 0.2) is 0 Å². The Morgan fingerprint density at radius 2 is 2.11 bits per heavy atom. The van der Waals surface area contributed by atoms with Crippen LogP contribution in [0.5, 0.6) is 0 Å². The molecule has 2 N–H and O–H groups in total. The molecule has 2 amide bonds. The summed E-state index contributed by atoms with van der Waals surface area (Å²) < 4.78 is 0. The number of carbonyl (C=O) groups is 2. The summed E-state index contributed by atoms with van der Waals surface area (Å²) in [5, 5.41) is 11.8. The van der Waals surface area contributed by atoms with E-state index in [4.69, 9.17) is 0 Å². The monoisotopic (exact) mass is 263 g/mol. The second-order valence-electron chi connectivity index (χ2n) is 5.15. The molecule has 0 saturated carbocycles. The second-order valence-corrected chi connectivity index (χ2v) is 5.15. The van der Waals surface area contributed by atoms with Gasteiger partial charge in [-0.1, -0.05) is 6.07 Å². The van der Waals surface area contributed by atoms with E-state index in [-0.39, 0.29) is 18.4 Å². The Hall–Kier alpha value is -1.95. The maximum Gasteiger partial charge on any atom is 0.251 e. The first-order chi connectivity index (χ1) is 8.82. The SMILES string of the molecule is CC(O)c1ccc(N2CC(=O)NC(=O)C2(C)C)nc1. The number of imide groups is 1. The summed E-state index contributed by atoms with van der Waals surface area (Å²) in [5.74, 6) is -0.145. The third kappa shape index (κ3) is 2.44. The minimum atomic E-state index is -0.840. The van der Waals surface area contributed by atoms with E-state index in [9.17, 15) is 14.7 Å². The minimum Gasteiger partial charge on any atom is -0.389 e. The Morgan fingerprint density at radius 3 is 2.63 bits per heavy atom. The highest BCUT2D eigenvalue weighted by Crippen LogP contribution is 2.25. The molecule has 2 rings (SSSR count). The maximum atomic E-state index is 11.8. The van der Waals surface area contributed by atoms with Gasteiger partial charge in [0, 0.05) is 6.20 Å². The lowest BCUT2D eigenvalue weighted by molar-refractivity contribution is -0.135. The molecule has 0 spiro atoms. The van der Waals surface area contributed by atoms with E-state index in [0.29, 0.717) is 11.4 Å². The van der Waals surface area contributed by atoms with Crippen molar-refractivity contribution in [2.24, 2.45) is 0 Å². The number of rotatable bonds is 2. The Bertz CT molecular complexity index is 508. The Balaban J connectivity index is 2.33. The molecule has 6 heteroatoms. The average molecular weight is 263 g/mol. The first-order valence-corrected chi connectivity index (χ1v) is 6.08. The number of aliphatic hydroxyl groups is 1. The molecule has 0 aliphatic carbocycles. The number of nitrogens with zero attached hydrogens (tertiary/aromatic N) is 2.